The Morgan fingerprint density at radius 1 is 0.870 bits per heavy atom. The molecule has 6 N–H and O–H groups in total. The first-order valence-electron chi connectivity index (χ1n) is 6.49. The van der Waals surface area contributed by atoms with Gasteiger partial charge in [0.2, 0.25) is 5.78 Å². The van der Waals surface area contributed by atoms with E-state index in [0.717, 1.165) is 24.3 Å². The van der Waals surface area contributed by atoms with Crippen LogP contribution in [0.5, 0.6) is 34.5 Å². The standard InChI is InChI=1S/C15H12O8/c16-6-3-7(17)11-10(4-6)23-15(14(22)13(11)21)5-1-8(18)12(20)9(19)2-5/h1-4,14-20,22H/t14?,15-/m1/s1. The molecule has 0 spiro atoms. The minimum atomic E-state index is -1.72. The summed E-state index contributed by atoms with van der Waals surface area (Å²) in [5.41, 5.74) is -0.258. The highest BCUT2D eigenvalue weighted by Crippen LogP contribution is 2.44. The lowest BCUT2D eigenvalue weighted by molar-refractivity contribution is 0.0209. The van der Waals surface area contributed by atoms with Gasteiger partial charge in [-0.05, 0) is 12.1 Å². The van der Waals surface area contributed by atoms with E-state index in [1.807, 2.05) is 0 Å². The van der Waals surface area contributed by atoms with Crippen molar-refractivity contribution < 1.29 is 40.2 Å². The maximum Gasteiger partial charge on any atom is 0.202 e. The van der Waals surface area contributed by atoms with Crippen LogP contribution in [0.3, 0.4) is 0 Å². The molecule has 1 aliphatic rings. The van der Waals surface area contributed by atoms with Crippen molar-refractivity contribution in [1.29, 1.82) is 0 Å². The molecule has 0 radical (unpaired) electrons. The van der Waals surface area contributed by atoms with Gasteiger partial charge in [-0.15, -0.1) is 0 Å². The van der Waals surface area contributed by atoms with Crippen LogP contribution in [-0.2, 0) is 0 Å². The summed E-state index contributed by atoms with van der Waals surface area (Å²) in [5, 5.41) is 57.7. The largest absolute Gasteiger partial charge is 0.508 e. The van der Waals surface area contributed by atoms with Gasteiger partial charge in [0.05, 0.1) is 0 Å². The third kappa shape index (κ3) is 2.25. The lowest BCUT2D eigenvalue weighted by atomic mass is 9.92. The number of carbonyl (C=O) groups is 1. The van der Waals surface area contributed by atoms with Crippen molar-refractivity contribution >= 4 is 5.78 Å². The molecule has 1 aliphatic heterocycles. The molecule has 1 heterocycles. The highest BCUT2D eigenvalue weighted by atomic mass is 16.5. The Morgan fingerprint density at radius 3 is 2.09 bits per heavy atom. The van der Waals surface area contributed by atoms with Crippen LogP contribution >= 0.6 is 0 Å². The molecule has 120 valence electrons. The van der Waals surface area contributed by atoms with Gasteiger partial charge in [-0.3, -0.25) is 4.79 Å². The first-order chi connectivity index (χ1) is 10.8. The highest BCUT2D eigenvalue weighted by Gasteiger charge is 2.39. The summed E-state index contributed by atoms with van der Waals surface area (Å²) in [6, 6.07) is 4.06. The molecule has 3 rings (SSSR count). The second-order valence-electron chi connectivity index (χ2n) is 5.09. The molecular formula is C15H12O8. The summed E-state index contributed by atoms with van der Waals surface area (Å²) >= 11 is 0. The van der Waals surface area contributed by atoms with Crippen LogP contribution in [0.2, 0.25) is 0 Å². The lowest BCUT2D eigenvalue weighted by Crippen LogP contribution is -2.36. The Hall–Kier alpha value is -3.13. The van der Waals surface area contributed by atoms with Crippen LogP contribution in [0.1, 0.15) is 22.0 Å². The molecule has 2 atom stereocenters. The lowest BCUT2D eigenvalue weighted by Gasteiger charge is -2.30. The first-order valence-corrected chi connectivity index (χ1v) is 6.49. The zero-order valence-corrected chi connectivity index (χ0v) is 11.5. The van der Waals surface area contributed by atoms with Gasteiger partial charge in [0.15, 0.2) is 29.5 Å². The number of rotatable bonds is 1. The monoisotopic (exact) mass is 320 g/mol. The second-order valence-corrected chi connectivity index (χ2v) is 5.09. The molecule has 8 nitrogen and oxygen atoms in total. The minimum absolute atomic E-state index is 0.0205. The number of carbonyl (C=O) groups excluding carboxylic acids is 1. The second kappa shape index (κ2) is 4.96. The summed E-state index contributed by atoms with van der Waals surface area (Å²) in [7, 11) is 0. The molecule has 1 unspecified atom stereocenters. The average Bonchev–Trinajstić information content (AvgIpc) is 2.47. The smallest absolute Gasteiger partial charge is 0.202 e. The van der Waals surface area contributed by atoms with E-state index in [-0.39, 0.29) is 22.6 Å². The third-order valence-electron chi connectivity index (χ3n) is 3.54. The van der Waals surface area contributed by atoms with Crippen LogP contribution in [0, 0.1) is 0 Å². The van der Waals surface area contributed by atoms with Crippen LogP contribution in [0.4, 0.5) is 0 Å². The highest BCUT2D eigenvalue weighted by molar-refractivity contribution is 6.05. The van der Waals surface area contributed by atoms with Crippen LogP contribution in [0.25, 0.3) is 0 Å². The summed E-state index contributed by atoms with van der Waals surface area (Å²) < 4.78 is 5.42. The van der Waals surface area contributed by atoms with Gasteiger partial charge in [0.25, 0.3) is 0 Å². The van der Waals surface area contributed by atoms with E-state index in [0.29, 0.717) is 0 Å². The predicted molar refractivity (Wildman–Crippen MR) is 74.9 cm³/mol. The first kappa shape index (κ1) is 14.8. The maximum atomic E-state index is 12.2. The van der Waals surface area contributed by atoms with Crippen LogP contribution in [0.15, 0.2) is 24.3 Å². The number of benzene rings is 2. The number of aromatic hydroxyl groups is 5. The summed E-state index contributed by atoms with van der Waals surface area (Å²) in [5.74, 6) is -3.96. The Bertz CT molecular complexity index is 790. The molecule has 2 aromatic carbocycles. The summed E-state index contributed by atoms with van der Waals surface area (Å²) in [4.78, 5) is 12.2. The third-order valence-corrected chi connectivity index (χ3v) is 3.54. The number of ketones is 1. The van der Waals surface area contributed by atoms with E-state index in [2.05, 4.69) is 0 Å². The number of phenols is 5. The van der Waals surface area contributed by atoms with Crippen LogP contribution in [-0.4, -0.2) is 42.5 Å². The van der Waals surface area contributed by atoms with Gasteiger partial charge in [0.1, 0.15) is 22.8 Å². The fourth-order valence-electron chi connectivity index (χ4n) is 2.45. The number of hydrogen-bond donors (Lipinski definition) is 6. The topological polar surface area (TPSA) is 148 Å². The summed E-state index contributed by atoms with van der Waals surface area (Å²) in [6.07, 6.45) is -3.03. The molecule has 0 saturated carbocycles. The predicted octanol–water partition coefficient (Wildman–Crippen LogP) is 0.892. The number of aliphatic hydroxyl groups excluding tert-OH is 1. The molecule has 0 fully saturated rings. The van der Waals surface area contributed by atoms with Gasteiger partial charge in [-0.25, -0.2) is 0 Å². The Morgan fingerprint density at radius 2 is 1.48 bits per heavy atom. The van der Waals surface area contributed by atoms with Crippen molar-refractivity contribution in [2.75, 3.05) is 0 Å². The molecule has 0 amide bonds. The molecule has 0 bridgehead atoms. The number of hydrogen-bond acceptors (Lipinski definition) is 8. The zero-order chi connectivity index (χ0) is 16.9. The fraction of sp³-hybridized carbons (Fsp3) is 0.133. The summed E-state index contributed by atoms with van der Waals surface area (Å²) in [6.45, 7) is 0. The van der Waals surface area contributed by atoms with E-state index in [9.17, 15) is 35.4 Å². The van der Waals surface area contributed by atoms with Crippen molar-refractivity contribution in [3.63, 3.8) is 0 Å². The van der Waals surface area contributed by atoms with Crippen LogP contribution < -0.4 is 4.74 Å². The van der Waals surface area contributed by atoms with Crippen molar-refractivity contribution in [3.8, 4) is 34.5 Å². The zero-order valence-electron chi connectivity index (χ0n) is 11.5. The average molecular weight is 320 g/mol. The fourth-order valence-corrected chi connectivity index (χ4v) is 2.45. The van der Waals surface area contributed by atoms with E-state index in [4.69, 9.17) is 4.74 Å². The number of ether oxygens (including phenoxy) is 1. The van der Waals surface area contributed by atoms with Gasteiger partial charge in [-0.1, -0.05) is 0 Å². The molecule has 0 aliphatic carbocycles. The molecule has 8 heteroatoms. The van der Waals surface area contributed by atoms with E-state index < -0.39 is 41.0 Å². The SMILES string of the molecule is O=C1c2c(O)cc(O)cc2O[C@H](c2cc(O)c(O)c(O)c2)C1O. The molecule has 0 aromatic heterocycles. The van der Waals surface area contributed by atoms with Crippen molar-refractivity contribution in [3.05, 3.63) is 35.4 Å². The Balaban J connectivity index is 2.11. The normalized spacial score (nSPS) is 20.0. The number of aliphatic hydroxyl groups is 1. The minimum Gasteiger partial charge on any atom is -0.508 e. The Kier molecular flexibility index (Phi) is 3.19. The molecular weight excluding hydrogens is 308 g/mol. The maximum absolute atomic E-state index is 12.2. The number of Topliss-reactive ketones (excluding diaryl/α,β-unsaturated/α-hetero) is 1. The van der Waals surface area contributed by atoms with E-state index in [1.165, 1.54) is 0 Å². The number of phenolic OH excluding ortho intramolecular Hbond substituents is 5. The van der Waals surface area contributed by atoms with E-state index >= 15 is 0 Å². The molecule has 2 aromatic rings. The Labute approximate surface area is 129 Å². The van der Waals surface area contributed by atoms with Gasteiger partial charge in [-0.2, -0.15) is 0 Å². The molecule has 0 saturated heterocycles. The van der Waals surface area contributed by atoms with Gasteiger partial charge in [0, 0.05) is 17.7 Å². The van der Waals surface area contributed by atoms with Crippen molar-refractivity contribution in [1.82, 2.24) is 0 Å². The van der Waals surface area contributed by atoms with Gasteiger partial charge < -0.3 is 35.4 Å². The van der Waals surface area contributed by atoms with Gasteiger partial charge >= 0.3 is 0 Å². The molecule has 23 heavy (non-hydrogen) atoms. The van der Waals surface area contributed by atoms with Crippen molar-refractivity contribution in [2.45, 2.75) is 12.2 Å². The number of fused-ring (bicyclic) bond motifs is 1. The van der Waals surface area contributed by atoms with E-state index in [1.54, 1.807) is 0 Å². The van der Waals surface area contributed by atoms with Crippen molar-refractivity contribution in [2.24, 2.45) is 0 Å². The quantitative estimate of drug-likeness (QED) is 0.424.